The molecule has 3 rings (SSSR count). The summed E-state index contributed by atoms with van der Waals surface area (Å²) < 4.78 is 13.2. The third kappa shape index (κ3) is 2.37. The van der Waals surface area contributed by atoms with Crippen molar-refractivity contribution in [2.24, 2.45) is 0 Å². The Morgan fingerprint density at radius 1 is 1.33 bits per heavy atom. The summed E-state index contributed by atoms with van der Waals surface area (Å²) >= 11 is 0. The molecule has 0 spiro atoms. The molecule has 1 saturated carbocycles. The van der Waals surface area contributed by atoms with Gasteiger partial charge in [-0.3, -0.25) is 4.90 Å². The van der Waals surface area contributed by atoms with E-state index in [1.54, 1.807) is 6.07 Å². The predicted octanol–water partition coefficient (Wildman–Crippen LogP) is 3.17. The molecule has 18 heavy (non-hydrogen) atoms. The van der Waals surface area contributed by atoms with E-state index in [4.69, 9.17) is 0 Å². The molecule has 2 atom stereocenters. The van der Waals surface area contributed by atoms with Gasteiger partial charge in [0.25, 0.3) is 0 Å². The fraction of sp³-hybridized carbons (Fsp3) is 0.600. The third-order valence-electron chi connectivity index (χ3n) is 4.17. The Morgan fingerprint density at radius 3 is 2.78 bits per heavy atom. The third-order valence-corrected chi connectivity index (χ3v) is 4.17. The summed E-state index contributed by atoms with van der Waals surface area (Å²) in [5, 5.41) is 3.54. The van der Waals surface area contributed by atoms with E-state index >= 15 is 0 Å². The van der Waals surface area contributed by atoms with Gasteiger partial charge >= 0.3 is 0 Å². The van der Waals surface area contributed by atoms with Crippen molar-refractivity contribution in [3.05, 3.63) is 29.6 Å². The van der Waals surface area contributed by atoms with Gasteiger partial charge in [-0.1, -0.05) is 0 Å². The second-order valence-corrected chi connectivity index (χ2v) is 5.82. The minimum atomic E-state index is -0.125. The molecule has 1 aromatic rings. The molecule has 2 nitrogen and oxygen atoms in total. The van der Waals surface area contributed by atoms with E-state index in [2.05, 4.69) is 17.1 Å². The van der Waals surface area contributed by atoms with Gasteiger partial charge in [0.05, 0.1) is 0 Å². The Hall–Kier alpha value is -1.09. The van der Waals surface area contributed by atoms with Crippen molar-refractivity contribution in [1.29, 1.82) is 0 Å². The SMILES string of the molecule is Cc1cc(NC2CC(C)N(C3CC3)C2)ccc1F. The van der Waals surface area contributed by atoms with Crippen molar-refractivity contribution in [1.82, 2.24) is 4.90 Å². The molecule has 3 heteroatoms. The molecule has 1 heterocycles. The average Bonchev–Trinajstić information content (AvgIpc) is 3.09. The molecule has 0 amide bonds. The van der Waals surface area contributed by atoms with E-state index in [1.165, 1.54) is 19.3 Å². The summed E-state index contributed by atoms with van der Waals surface area (Å²) in [7, 11) is 0. The largest absolute Gasteiger partial charge is 0.381 e. The number of nitrogens with zero attached hydrogens (tertiary/aromatic N) is 1. The highest BCUT2D eigenvalue weighted by molar-refractivity contribution is 5.47. The van der Waals surface area contributed by atoms with Crippen LogP contribution in [0, 0.1) is 12.7 Å². The fourth-order valence-electron chi connectivity index (χ4n) is 3.05. The Morgan fingerprint density at radius 2 is 2.11 bits per heavy atom. The number of anilines is 1. The smallest absolute Gasteiger partial charge is 0.126 e. The topological polar surface area (TPSA) is 15.3 Å². The lowest BCUT2D eigenvalue weighted by Gasteiger charge is -2.20. The lowest BCUT2D eigenvalue weighted by molar-refractivity contribution is 0.257. The fourth-order valence-corrected chi connectivity index (χ4v) is 3.05. The molecule has 1 aliphatic heterocycles. The van der Waals surface area contributed by atoms with Crippen molar-refractivity contribution in [3.8, 4) is 0 Å². The molecule has 98 valence electrons. The maximum absolute atomic E-state index is 13.2. The predicted molar refractivity (Wildman–Crippen MR) is 72.4 cm³/mol. The minimum Gasteiger partial charge on any atom is -0.381 e. The first-order chi connectivity index (χ1) is 8.63. The van der Waals surface area contributed by atoms with Gasteiger partial charge < -0.3 is 5.32 Å². The summed E-state index contributed by atoms with van der Waals surface area (Å²) in [4.78, 5) is 2.62. The number of nitrogens with one attached hydrogen (secondary N) is 1. The van der Waals surface area contributed by atoms with Crippen molar-refractivity contribution in [2.75, 3.05) is 11.9 Å². The lowest BCUT2D eigenvalue weighted by Crippen LogP contribution is -2.31. The molecule has 1 aliphatic carbocycles. The first-order valence-electron chi connectivity index (χ1n) is 6.92. The highest BCUT2D eigenvalue weighted by Gasteiger charge is 2.38. The van der Waals surface area contributed by atoms with Crippen LogP contribution in [0.15, 0.2) is 18.2 Å². The van der Waals surface area contributed by atoms with Crippen LogP contribution >= 0.6 is 0 Å². The standard InChI is InChI=1S/C15H21FN2/c1-10-7-12(3-6-15(10)16)17-13-8-11(2)18(9-13)14-4-5-14/h3,6-7,11,13-14,17H,4-5,8-9H2,1-2H3. The quantitative estimate of drug-likeness (QED) is 0.884. The molecular weight excluding hydrogens is 227 g/mol. The summed E-state index contributed by atoms with van der Waals surface area (Å²) in [6.07, 6.45) is 3.92. The van der Waals surface area contributed by atoms with Crippen LogP contribution in [0.4, 0.5) is 10.1 Å². The molecule has 1 saturated heterocycles. The average molecular weight is 248 g/mol. The van der Waals surface area contributed by atoms with Gasteiger partial charge in [0, 0.05) is 30.4 Å². The van der Waals surface area contributed by atoms with Crippen LogP contribution < -0.4 is 5.32 Å². The first-order valence-corrected chi connectivity index (χ1v) is 6.92. The van der Waals surface area contributed by atoms with Gasteiger partial charge in [-0.15, -0.1) is 0 Å². The van der Waals surface area contributed by atoms with E-state index in [1.807, 2.05) is 19.1 Å². The number of hydrogen-bond acceptors (Lipinski definition) is 2. The van der Waals surface area contributed by atoms with Gasteiger partial charge in [-0.2, -0.15) is 0 Å². The lowest BCUT2D eigenvalue weighted by atomic mass is 10.1. The highest BCUT2D eigenvalue weighted by atomic mass is 19.1. The second-order valence-electron chi connectivity index (χ2n) is 5.82. The zero-order chi connectivity index (χ0) is 12.7. The molecule has 0 bridgehead atoms. The highest BCUT2D eigenvalue weighted by Crippen LogP contribution is 2.34. The van der Waals surface area contributed by atoms with Crippen LogP contribution in [-0.4, -0.2) is 29.6 Å². The van der Waals surface area contributed by atoms with Crippen LogP contribution in [-0.2, 0) is 0 Å². The van der Waals surface area contributed by atoms with Crippen LogP contribution in [0.3, 0.4) is 0 Å². The number of hydrogen-bond donors (Lipinski definition) is 1. The maximum atomic E-state index is 13.2. The van der Waals surface area contributed by atoms with Gasteiger partial charge in [-0.05, 0) is 56.9 Å². The van der Waals surface area contributed by atoms with Crippen LogP contribution in [0.1, 0.15) is 31.7 Å². The zero-order valence-corrected chi connectivity index (χ0v) is 11.1. The van der Waals surface area contributed by atoms with E-state index < -0.39 is 0 Å². The van der Waals surface area contributed by atoms with Crippen molar-refractivity contribution in [2.45, 2.75) is 51.2 Å². The van der Waals surface area contributed by atoms with Gasteiger partial charge in [0.2, 0.25) is 0 Å². The molecule has 2 fully saturated rings. The number of aryl methyl sites for hydroxylation is 1. The second kappa shape index (κ2) is 4.54. The van der Waals surface area contributed by atoms with Crippen LogP contribution in [0.2, 0.25) is 0 Å². The summed E-state index contributed by atoms with van der Waals surface area (Å²) in [5.41, 5.74) is 1.76. The minimum absolute atomic E-state index is 0.125. The zero-order valence-electron chi connectivity index (χ0n) is 11.1. The first kappa shape index (κ1) is 12.0. The Labute approximate surface area is 108 Å². The van der Waals surface area contributed by atoms with Crippen molar-refractivity contribution < 1.29 is 4.39 Å². The number of benzene rings is 1. The number of rotatable bonds is 3. The molecular formula is C15H21FN2. The Kier molecular flexibility index (Phi) is 3.02. The number of halogens is 1. The molecule has 2 aliphatic rings. The van der Waals surface area contributed by atoms with E-state index in [-0.39, 0.29) is 5.82 Å². The van der Waals surface area contributed by atoms with Crippen LogP contribution in [0.25, 0.3) is 0 Å². The summed E-state index contributed by atoms with van der Waals surface area (Å²) in [6.45, 7) is 5.26. The molecule has 0 radical (unpaired) electrons. The van der Waals surface area contributed by atoms with E-state index in [0.717, 1.165) is 18.3 Å². The number of likely N-dealkylation sites (tertiary alicyclic amines) is 1. The van der Waals surface area contributed by atoms with E-state index in [9.17, 15) is 4.39 Å². The Bertz CT molecular complexity index is 442. The maximum Gasteiger partial charge on any atom is 0.126 e. The normalized spacial score (nSPS) is 28.6. The van der Waals surface area contributed by atoms with Crippen molar-refractivity contribution in [3.63, 3.8) is 0 Å². The van der Waals surface area contributed by atoms with Gasteiger partial charge in [0.1, 0.15) is 5.82 Å². The monoisotopic (exact) mass is 248 g/mol. The van der Waals surface area contributed by atoms with Crippen LogP contribution in [0.5, 0.6) is 0 Å². The molecule has 1 N–H and O–H groups in total. The van der Waals surface area contributed by atoms with Gasteiger partial charge in [0.15, 0.2) is 0 Å². The van der Waals surface area contributed by atoms with E-state index in [0.29, 0.717) is 17.6 Å². The molecule has 2 unspecified atom stereocenters. The van der Waals surface area contributed by atoms with Gasteiger partial charge in [-0.25, -0.2) is 4.39 Å². The molecule has 0 aromatic heterocycles. The van der Waals surface area contributed by atoms with Crippen molar-refractivity contribution >= 4 is 5.69 Å². The summed E-state index contributed by atoms with van der Waals surface area (Å²) in [5.74, 6) is -0.125. The Balaban J connectivity index is 1.64. The summed E-state index contributed by atoms with van der Waals surface area (Å²) in [6, 6.07) is 7.31. The molecule has 1 aromatic carbocycles.